The summed E-state index contributed by atoms with van der Waals surface area (Å²) in [5.74, 6) is 2.22. The first-order valence-corrected chi connectivity index (χ1v) is 8.99. The zero-order valence-corrected chi connectivity index (χ0v) is 16.2. The lowest BCUT2D eigenvalue weighted by atomic mass is 9.97. The normalized spacial score (nSPS) is 17.0. The SMILES string of the molecule is COc1ccc(OC)c([C@H]2CCN(C(=O)c3cc(C(C)C)nn3C)C2)c1. The molecule has 6 nitrogen and oxygen atoms in total. The third-order valence-electron chi connectivity index (χ3n) is 5.06. The number of amides is 1. The molecule has 6 heteroatoms. The van der Waals surface area contributed by atoms with Crippen LogP contribution in [0.3, 0.4) is 0 Å². The van der Waals surface area contributed by atoms with Crippen molar-refractivity contribution >= 4 is 5.91 Å². The largest absolute Gasteiger partial charge is 0.497 e. The van der Waals surface area contributed by atoms with Gasteiger partial charge in [-0.2, -0.15) is 5.10 Å². The Hall–Kier alpha value is -2.50. The maximum atomic E-state index is 13.0. The van der Waals surface area contributed by atoms with Gasteiger partial charge >= 0.3 is 0 Å². The quantitative estimate of drug-likeness (QED) is 0.825. The summed E-state index contributed by atoms with van der Waals surface area (Å²) in [6.07, 6.45) is 0.907. The number of hydrogen-bond donors (Lipinski definition) is 0. The average molecular weight is 357 g/mol. The summed E-state index contributed by atoms with van der Waals surface area (Å²) in [4.78, 5) is 14.9. The van der Waals surface area contributed by atoms with Crippen LogP contribution in [-0.4, -0.2) is 47.9 Å². The molecule has 0 saturated carbocycles. The lowest BCUT2D eigenvalue weighted by Gasteiger charge is -2.18. The van der Waals surface area contributed by atoms with Crippen molar-refractivity contribution in [2.45, 2.75) is 32.1 Å². The number of carbonyl (C=O) groups excluding carboxylic acids is 1. The van der Waals surface area contributed by atoms with Crippen LogP contribution in [0, 0.1) is 0 Å². The molecule has 1 aliphatic rings. The summed E-state index contributed by atoms with van der Waals surface area (Å²) in [6.45, 7) is 5.56. The molecule has 0 radical (unpaired) electrons. The number of hydrogen-bond acceptors (Lipinski definition) is 4. The number of aromatic nitrogens is 2. The van der Waals surface area contributed by atoms with Crippen LogP contribution in [0.2, 0.25) is 0 Å². The minimum atomic E-state index is 0.0382. The van der Waals surface area contributed by atoms with E-state index in [0.717, 1.165) is 35.7 Å². The van der Waals surface area contributed by atoms with E-state index in [1.165, 1.54) is 0 Å². The van der Waals surface area contributed by atoms with Gasteiger partial charge in [0.05, 0.1) is 19.9 Å². The van der Waals surface area contributed by atoms with Crippen LogP contribution in [-0.2, 0) is 7.05 Å². The summed E-state index contributed by atoms with van der Waals surface area (Å²) in [7, 11) is 5.16. The average Bonchev–Trinajstić information content (AvgIpc) is 3.27. The molecule has 0 N–H and O–H groups in total. The second-order valence-electron chi connectivity index (χ2n) is 7.08. The molecule has 0 bridgehead atoms. The van der Waals surface area contributed by atoms with Crippen LogP contribution in [0.4, 0.5) is 0 Å². The molecule has 0 unspecified atom stereocenters. The highest BCUT2D eigenvalue weighted by atomic mass is 16.5. The minimum Gasteiger partial charge on any atom is -0.497 e. The van der Waals surface area contributed by atoms with Gasteiger partial charge in [-0.3, -0.25) is 9.48 Å². The Morgan fingerprint density at radius 2 is 2.00 bits per heavy atom. The molecule has 0 spiro atoms. The summed E-state index contributed by atoms with van der Waals surface area (Å²) in [5.41, 5.74) is 2.68. The maximum Gasteiger partial charge on any atom is 0.272 e. The Bertz CT molecular complexity index is 798. The number of aryl methyl sites for hydroxylation is 1. The van der Waals surface area contributed by atoms with Gasteiger partial charge in [0.25, 0.3) is 5.91 Å². The van der Waals surface area contributed by atoms with Gasteiger partial charge in [0.15, 0.2) is 0 Å². The predicted octanol–water partition coefficient (Wildman–Crippen LogP) is 3.19. The molecular formula is C20H27N3O3. The van der Waals surface area contributed by atoms with Gasteiger partial charge in [-0.05, 0) is 36.6 Å². The van der Waals surface area contributed by atoms with Gasteiger partial charge in [0.1, 0.15) is 17.2 Å². The molecule has 140 valence electrons. The standard InChI is InChI=1S/C20H27N3O3/c1-13(2)17-11-18(22(3)21-17)20(24)23-9-8-14(12-23)16-10-15(25-4)6-7-19(16)26-5/h6-7,10-11,13-14H,8-9,12H2,1-5H3/t14-/m0/s1. The van der Waals surface area contributed by atoms with Crippen LogP contribution >= 0.6 is 0 Å². The zero-order chi connectivity index (χ0) is 18.8. The maximum absolute atomic E-state index is 13.0. The molecule has 26 heavy (non-hydrogen) atoms. The molecule has 1 aromatic heterocycles. The number of likely N-dealkylation sites (tertiary alicyclic amines) is 1. The van der Waals surface area contributed by atoms with Gasteiger partial charge < -0.3 is 14.4 Å². The molecule has 2 aromatic rings. The lowest BCUT2D eigenvalue weighted by molar-refractivity contribution is 0.0780. The lowest BCUT2D eigenvalue weighted by Crippen LogP contribution is -2.30. The number of ether oxygens (including phenoxy) is 2. The third-order valence-corrected chi connectivity index (χ3v) is 5.06. The van der Waals surface area contributed by atoms with E-state index in [2.05, 4.69) is 18.9 Å². The van der Waals surface area contributed by atoms with Crippen LogP contribution in [0.5, 0.6) is 11.5 Å². The van der Waals surface area contributed by atoms with Crippen molar-refractivity contribution in [3.63, 3.8) is 0 Å². The highest BCUT2D eigenvalue weighted by Crippen LogP contribution is 2.36. The first-order valence-electron chi connectivity index (χ1n) is 8.99. The molecule has 0 aliphatic carbocycles. The first kappa shape index (κ1) is 18.3. The van der Waals surface area contributed by atoms with E-state index in [1.54, 1.807) is 18.9 Å². The number of nitrogens with zero attached hydrogens (tertiary/aromatic N) is 3. The van der Waals surface area contributed by atoms with Crippen LogP contribution in [0.15, 0.2) is 24.3 Å². The van der Waals surface area contributed by atoms with Crippen molar-refractivity contribution in [3.05, 3.63) is 41.2 Å². The van der Waals surface area contributed by atoms with Gasteiger partial charge in [-0.1, -0.05) is 13.8 Å². The first-order chi connectivity index (χ1) is 12.4. The van der Waals surface area contributed by atoms with E-state index in [1.807, 2.05) is 36.2 Å². The fraction of sp³-hybridized carbons (Fsp3) is 0.500. The highest BCUT2D eigenvalue weighted by Gasteiger charge is 2.31. The van der Waals surface area contributed by atoms with Crippen molar-refractivity contribution in [1.29, 1.82) is 0 Å². The van der Waals surface area contributed by atoms with Crippen LogP contribution in [0.25, 0.3) is 0 Å². The van der Waals surface area contributed by atoms with E-state index in [4.69, 9.17) is 9.47 Å². The van der Waals surface area contributed by atoms with E-state index < -0.39 is 0 Å². The summed E-state index contributed by atoms with van der Waals surface area (Å²) in [5, 5.41) is 4.46. The van der Waals surface area contributed by atoms with Crippen molar-refractivity contribution in [2.75, 3.05) is 27.3 Å². The summed E-state index contributed by atoms with van der Waals surface area (Å²) >= 11 is 0. The number of carbonyl (C=O) groups is 1. The Kier molecular flexibility index (Phi) is 5.20. The Morgan fingerprint density at radius 3 is 2.62 bits per heavy atom. The number of rotatable bonds is 5. The van der Waals surface area contributed by atoms with E-state index in [-0.39, 0.29) is 11.8 Å². The minimum absolute atomic E-state index is 0.0382. The molecule has 1 aliphatic heterocycles. The molecule has 1 saturated heterocycles. The van der Waals surface area contributed by atoms with Gasteiger partial charge in [-0.25, -0.2) is 0 Å². The van der Waals surface area contributed by atoms with Crippen LogP contribution < -0.4 is 9.47 Å². The molecule has 2 heterocycles. The van der Waals surface area contributed by atoms with Crippen LogP contribution in [0.1, 0.15) is 53.8 Å². The fourth-order valence-corrected chi connectivity index (χ4v) is 3.49. The van der Waals surface area contributed by atoms with Crippen molar-refractivity contribution < 1.29 is 14.3 Å². The molecule has 1 aromatic carbocycles. The Morgan fingerprint density at radius 1 is 1.23 bits per heavy atom. The number of methoxy groups -OCH3 is 2. The topological polar surface area (TPSA) is 56.6 Å². The second-order valence-corrected chi connectivity index (χ2v) is 7.08. The monoisotopic (exact) mass is 357 g/mol. The third kappa shape index (κ3) is 3.41. The molecule has 1 atom stereocenters. The molecule has 1 fully saturated rings. The van der Waals surface area contributed by atoms with Crippen molar-refractivity contribution in [1.82, 2.24) is 14.7 Å². The number of benzene rings is 1. The Labute approximate surface area is 154 Å². The molecular weight excluding hydrogens is 330 g/mol. The van der Waals surface area contributed by atoms with Crippen molar-refractivity contribution in [3.8, 4) is 11.5 Å². The van der Waals surface area contributed by atoms with E-state index in [9.17, 15) is 4.79 Å². The molecule has 1 amide bonds. The highest BCUT2D eigenvalue weighted by molar-refractivity contribution is 5.93. The van der Waals surface area contributed by atoms with Gasteiger partial charge in [-0.15, -0.1) is 0 Å². The van der Waals surface area contributed by atoms with Gasteiger partial charge in [0.2, 0.25) is 0 Å². The Balaban J connectivity index is 1.79. The van der Waals surface area contributed by atoms with E-state index in [0.29, 0.717) is 18.2 Å². The fourth-order valence-electron chi connectivity index (χ4n) is 3.49. The predicted molar refractivity (Wildman–Crippen MR) is 100 cm³/mol. The molecule has 3 rings (SSSR count). The van der Waals surface area contributed by atoms with Gasteiger partial charge in [0, 0.05) is 31.6 Å². The smallest absolute Gasteiger partial charge is 0.272 e. The summed E-state index contributed by atoms with van der Waals surface area (Å²) < 4.78 is 12.6. The summed E-state index contributed by atoms with van der Waals surface area (Å²) in [6, 6.07) is 7.74. The second kappa shape index (κ2) is 7.40. The van der Waals surface area contributed by atoms with Crippen molar-refractivity contribution in [2.24, 2.45) is 7.05 Å². The van der Waals surface area contributed by atoms with E-state index >= 15 is 0 Å². The zero-order valence-electron chi connectivity index (χ0n) is 16.2.